The number of carbonyl (C=O) groups is 1. The SMILES string of the molecule is CCOc1cc(C(=O)N2CCC(CN)C2)ccc1OCc1cccnc1. The molecule has 0 saturated carbocycles. The highest BCUT2D eigenvalue weighted by molar-refractivity contribution is 5.95. The van der Waals surface area contributed by atoms with Gasteiger partial charge < -0.3 is 20.1 Å². The van der Waals surface area contributed by atoms with Crippen LogP contribution in [0, 0.1) is 5.92 Å². The van der Waals surface area contributed by atoms with Gasteiger partial charge in [-0.05, 0) is 50.1 Å². The largest absolute Gasteiger partial charge is 0.490 e. The number of amides is 1. The van der Waals surface area contributed by atoms with E-state index in [4.69, 9.17) is 15.2 Å². The molecule has 6 nitrogen and oxygen atoms in total. The van der Waals surface area contributed by atoms with Gasteiger partial charge in [-0.2, -0.15) is 0 Å². The standard InChI is InChI=1S/C20H25N3O3/c1-2-25-19-10-17(20(24)23-9-7-15(11-21)13-23)5-6-18(19)26-14-16-4-3-8-22-12-16/h3-6,8,10,12,15H,2,7,9,11,13-14,21H2,1H3. The van der Waals surface area contributed by atoms with E-state index < -0.39 is 0 Å². The van der Waals surface area contributed by atoms with E-state index in [2.05, 4.69) is 4.98 Å². The average molecular weight is 355 g/mol. The van der Waals surface area contributed by atoms with E-state index in [0.717, 1.165) is 25.1 Å². The summed E-state index contributed by atoms with van der Waals surface area (Å²) in [7, 11) is 0. The van der Waals surface area contributed by atoms with Crippen LogP contribution in [0.4, 0.5) is 0 Å². The van der Waals surface area contributed by atoms with Gasteiger partial charge in [0.1, 0.15) is 6.61 Å². The number of ether oxygens (including phenoxy) is 2. The molecule has 1 aromatic heterocycles. The van der Waals surface area contributed by atoms with Crippen molar-refractivity contribution < 1.29 is 14.3 Å². The molecule has 1 atom stereocenters. The number of hydrogen-bond donors (Lipinski definition) is 1. The van der Waals surface area contributed by atoms with Crippen molar-refractivity contribution in [2.45, 2.75) is 20.0 Å². The van der Waals surface area contributed by atoms with Crippen molar-refractivity contribution in [2.75, 3.05) is 26.2 Å². The molecule has 0 aliphatic carbocycles. The van der Waals surface area contributed by atoms with Gasteiger partial charge in [0.05, 0.1) is 6.61 Å². The Kier molecular flexibility index (Phi) is 6.07. The molecule has 3 rings (SSSR count). The Hall–Kier alpha value is -2.60. The monoisotopic (exact) mass is 355 g/mol. The number of nitrogens with zero attached hydrogens (tertiary/aromatic N) is 2. The lowest BCUT2D eigenvalue weighted by atomic mass is 10.1. The molecule has 1 amide bonds. The van der Waals surface area contributed by atoms with Crippen LogP contribution in [0.1, 0.15) is 29.3 Å². The predicted molar refractivity (Wildman–Crippen MR) is 99.2 cm³/mol. The number of hydrogen-bond acceptors (Lipinski definition) is 5. The maximum atomic E-state index is 12.7. The van der Waals surface area contributed by atoms with Gasteiger partial charge in [-0.15, -0.1) is 0 Å². The van der Waals surface area contributed by atoms with Gasteiger partial charge in [0.25, 0.3) is 5.91 Å². The molecule has 138 valence electrons. The fourth-order valence-corrected chi connectivity index (χ4v) is 3.07. The zero-order valence-electron chi connectivity index (χ0n) is 15.1. The van der Waals surface area contributed by atoms with Crippen LogP contribution >= 0.6 is 0 Å². The Labute approximate surface area is 153 Å². The number of benzene rings is 1. The molecule has 6 heteroatoms. The fourth-order valence-electron chi connectivity index (χ4n) is 3.07. The van der Waals surface area contributed by atoms with Gasteiger partial charge >= 0.3 is 0 Å². The average Bonchev–Trinajstić information content (AvgIpc) is 3.17. The molecule has 2 N–H and O–H groups in total. The summed E-state index contributed by atoms with van der Waals surface area (Å²) in [5, 5.41) is 0. The number of rotatable bonds is 7. The van der Waals surface area contributed by atoms with Crippen LogP contribution in [0.2, 0.25) is 0 Å². The Balaban J connectivity index is 1.72. The third kappa shape index (κ3) is 4.32. The second kappa shape index (κ2) is 8.67. The molecular formula is C20H25N3O3. The van der Waals surface area contributed by atoms with Crippen LogP contribution < -0.4 is 15.2 Å². The second-order valence-electron chi connectivity index (χ2n) is 6.39. The first-order chi connectivity index (χ1) is 12.7. The maximum Gasteiger partial charge on any atom is 0.254 e. The molecule has 26 heavy (non-hydrogen) atoms. The van der Waals surface area contributed by atoms with Gasteiger partial charge in [-0.25, -0.2) is 0 Å². The minimum Gasteiger partial charge on any atom is -0.490 e. The molecule has 1 aromatic carbocycles. The van der Waals surface area contributed by atoms with E-state index in [9.17, 15) is 4.79 Å². The van der Waals surface area contributed by atoms with Crippen molar-refractivity contribution in [3.63, 3.8) is 0 Å². The number of pyridine rings is 1. The molecule has 2 heterocycles. The van der Waals surface area contributed by atoms with E-state index in [1.807, 2.05) is 24.0 Å². The summed E-state index contributed by atoms with van der Waals surface area (Å²) in [5.41, 5.74) is 7.30. The summed E-state index contributed by atoms with van der Waals surface area (Å²) in [6.45, 7) is 4.90. The highest BCUT2D eigenvalue weighted by Crippen LogP contribution is 2.30. The Morgan fingerprint density at radius 1 is 1.31 bits per heavy atom. The van der Waals surface area contributed by atoms with Crippen LogP contribution in [0.15, 0.2) is 42.7 Å². The fraction of sp³-hybridized carbons (Fsp3) is 0.400. The van der Waals surface area contributed by atoms with Gasteiger partial charge in [0, 0.05) is 36.6 Å². The summed E-state index contributed by atoms with van der Waals surface area (Å²) >= 11 is 0. The number of likely N-dealkylation sites (tertiary alicyclic amines) is 1. The topological polar surface area (TPSA) is 77.7 Å². The first kappa shape index (κ1) is 18.2. The van der Waals surface area contributed by atoms with Crippen molar-refractivity contribution in [1.82, 2.24) is 9.88 Å². The van der Waals surface area contributed by atoms with Crippen LogP contribution in [-0.2, 0) is 6.61 Å². The molecule has 2 aromatic rings. The van der Waals surface area contributed by atoms with E-state index in [1.165, 1.54) is 0 Å². The lowest BCUT2D eigenvalue weighted by Gasteiger charge is -2.18. The summed E-state index contributed by atoms with van der Waals surface area (Å²) in [5.74, 6) is 1.61. The van der Waals surface area contributed by atoms with Crippen molar-refractivity contribution >= 4 is 5.91 Å². The zero-order chi connectivity index (χ0) is 18.4. The summed E-state index contributed by atoms with van der Waals surface area (Å²) < 4.78 is 11.6. The minimum absolute atomic E-state index is 0.0145. The predicted octanol–water partition coefficient (Wildman–Crippen LogP) is 2.48. The zero-order valence-corrected chi connectivity index (χ0v) is 15.1. The van der Waals surface area contributed by atoms with Gasteiger partial charge in [-0.1, -0.05) is 6.07 Å². The first-order valence-corrected chi connectivity index (χ1v) is 8.99. The number of carbonyl (C=O) groups excluding carboxylic acids is 1. The molecule has 1 aliphatic rings. The van der Waals surface area contributed by atoms with Crippen molar-refractivity contribution in [3.05, 3.63) is 53.9 Å². The number of aromatic nitrogens is 1. The lowest BCUT2D eigenvalue weighted by molar-refractivity contribution is 0.0787. The van der Waals surface area contributed by atoms with Gasteiger partial charge in [0.15, 0.2) is 11.5 Å². The highest BCUT2D eigenvalue weighted by Gasteiger charge is 2.26. The Bertz CT molecular complexity index is 736. The molecule has 1 fully saturated rings. The molecule has 1 aliphatic heterocycles. The summed E-state index contributed by atoms with van der Waals surface area (Å²) in [6, 6.07) is 9.17. The normalized spacial score (nSPS) is 16.5. The van der Waals surface area contributed by atoms with Crippen molar-refractivity contribution in [3.8, 4) is 11.5 Å². The molecule has 0 radical (unpaired) electrons. The van der Waals surface area contributed by atoms with Gasteiger partial charge in [-0.3, -0.25) is 9.78 Å². The molecule has 1 unspecified atom stereocenters. The molecule has 0 bridgehead atoms. The highest BCUT2D eigenvalue weighted by atomic mass is 16.5. The summed E-state index contributed by atoms with van der Waals surface area (Å²) in [4.78, 5) is 18.7. The van der Waals surface area contributed by atoms with Crippen molar-refractivity contribution in [2.24, 2.45) is 11.7 Å². The molecule has 0 spiro atoms. The second-order valence-corrected chi connectivity index (χ2v) is 6.39. The third-order valence-corrected chi connectivity index (χ3v) is 4.51. The summed E-state index contributed by atoms with van der Waals surface area (Å²) in [6.07, 6.45) is 4.45. The van der Waals surface area contributed by atoms with E-state index in [0.29, 0.717) is 42.7 Å². The van der Waals surface area contributed by atoms with E-state index >= 15 is 0 Å². The molecule has 1 saturated heterocycles. The van der Waals surface area contributed by atoms with Crippen LogP contribution in [0.5, 0.6) is 11.5 Å². The quantitative estimate of drug-likeness (QED) is 0.826. The Morgan fingerprint density at radius 2 is 2.19 bits per heavy atom. The lowest BCUT2D eigenvalue weighted by Crippen LogP contribution is -2.29. The Morgan fingerprint density at radius 3 is 2.88 bits per heavy atom. The van der Waals surface area contributed by atoms with Gasteiger partial charge in [0.2, 0.25) is 0 Å². The number of nitrogens with two attached hydrogens (primary N) is 1. The van der Waals surface area contributed by atoms with E-state index in [-0.39, 0.29) is 5.91 Å². The minimum atomic E-state index is 0.0145. The smallest absolute Gasteiger partial charge is 0.254 e. The molecular weight excluding hydrogens is 330 g/mol. The van der Waals surface area contributed by atoms with Crippen LogP contribution in [0.25, 0.3) is 0 Å². The maximum absolute atomic E-state index is 12.7. The van der Waals surface area contributed by atoms with Crippen molar-refractivity contribution in [1.29, 1.82) is 0 Å². The van der Waals surface area contributed by atoms with Crippen LogP contribution in [-0.4, -0.2) is 42.0 Å². The van der Waals surface area contributed by atoms with Crippen LogP contribution in [0.3, 0.4) is 0 Å². The van der Waals surface area contributed by atoms with E-state index in [1.54, 1.807) is 30.6 Å². The third-order valence-electron chi connectivity index (χ3n) is 4.51. The first-order valence-electron chi connectivity index (χ1n) is 8.99.